The minimum Gasteiger partial charge on any atom is -0.325 e. The SMILES string of the molecule is CCC(C)(N)C(=O)Nc1ccc(NS(=O)(=O)CC)cc1. The topological polar surface area (TPSA) is 101 Å². The predicted molar refractivity (Wildman–Crippen MR) is 81.0 cm³/mol. The lowest BCUT2D eigenvalue weighted by molar-refractivity contribution is -0.120. The number of nitrogens with two attached hydrogens (primary N) is 1. The van der Waals surface area contributed by atoms with Crippen molar-refractivity contribution in [1.82, 2.24) is 0 Å². The predicted octanol–water partition coefficient (Wildman–Crippen LogP) is 1.51. The third-order valence-corrected chi connectivity index (χ3v) is 4.36. The number of nitrogens with one attached hydrogen (secondary N) is 2. The molecule has 7 heteroatoms. The number of anilines is 2. The Bertz CT molecular complexity index is 565. The molecule has 0 aliphatic heterocycles. The number of carbonyl (C=O) groups excluding carboxylic acids is 1. The van der Waals surface area contributed by atoms with Gasteiger partial charge in [0.25, 0.3) is 0 Å². The molecule has 0 aromatic heterocycles. The molecule has 0 radical (unpaired) electrons. The van der Waals surface area contributed by atoms with Crippen molar-refractivity contribution in [2.45, 2.75) is 32.7 Å². The average molecular weight is 299 g/mol. The third kappa shape index (κ3) is 4.50. The quantitative estimate of drug-likeness (QED) is 0.741. The number of amides is 1. The molecular formula is C13H21N3O3S. The molecule has 0 bridgehead atoms. The molecule has 0 aliphatic rings. The van der Waals surface area contributed by atoms with E-state index >= 15 is 0 Å². The van der Waals surface area contributed by atoms with Crippen LogP contribution >= 0.6 is 0 Å². The molecule has 1 amide bonds. The Morgan fingerprint density at radius 3 is 2.15 bits per heavy atom. The van der Waals surface area contributed by atoms with Gasteiger partial charge in [-0.3, -0.25) is 9.52 Å². The van der Waals surface area contributed by atoms with Crippen molar-refractivity contribution >= 4 is 27.3 Å². The average Bonchev–Trinajstić information content (AvgIpc) is 2.40. The Morgan fingerprint density at radius 1 is 1.20 bits per heavy atom. The van der Waals surface area contributed by atoms with E-state index < -0.39 is 15.6 Å². The lowest BCUT2D eigenvalue weighted by atomic mass is 9.99. The van der Waals surface area contributed by atoms with Gasteiger partial charge in [-0.25, -0.2) is 8.42 Å². The van der Waals surface area contributed by atoms with E-state index in [2.05, 4.69) is 10.0 Å². The van der Waals surface area contributed by atoms with E-state index in [1.54, 1.807) is 38.1 Å². The summed E-state index contributed by atoms with van der Waals surface area (Å²) in [5.74, 6) is -0.269. The van der Waals surface area contributed by atoms with Crippen LogP contribution in [-0.2, 0) is 14.8 Å². The highest BCUT2D eigenvalue weighted by atomic mass is 32.2. The second-order valence-electron chi connectivity index (χ2n) is 4.81. The molecule has 112 valence electrons. The maximum Gasteiger partial charge on any atom is 0.244 e. The van der Waals surface area contributed by atoms with Crippen molar-refractivity contribution in [2.75, 3.05) is 15.8 Å². The van der Waals surface area contributed by atoms with Gasteiger partial charge in [0.2, 0.25) is 15.9 Å². The van der Waals surface area contributed by atoms with Crippen LogP contribution in [0.25, 0.3) is 0 Å². The molecule has 6 nitrogen and oxygen atoms in total. The van der Waals surface area contributed by atoms with Crippen molar-refractivity contribution in [3.8, 4) is 0 Å². The first-order chi connectivity index (χ1) is 9.20. The molecular weight excluding hydrogens is 278 g/mol. The van der Waals surface area contributed by atoms with E-state index in [-0.39, 0.29) is 11.7 Å². The number of carbonyl (C=O) groups is 1. The minimum atomic E-state index is -3.29. The molecule has 1 aromatic carbocycles. The molecule has 0 aliphatic carbocycles. The smallest absolute Gasteiger partial charge is 0.244 e. The first kappa shape index (κ1) is 16.5. The number of hydrogen-bond donors (Lipinski definition) is 3. The van der Waals surface area contributed by atoms with E-state index in [1.165, 1.54) is 0 Å². The monoisotopic (exact) mass is 299 g/mol. The van der Waals surface area contributed by atoms with Crippen LogP contribution < -0.4 is 15.8 Å². The number of sulfonamides is 1. The number of rotatable bonds is 6. The van der Waals surface area contributed by atoms with Crippen LogP contribution in [0.2, 0.25) is 0 Å². The van der Waals surface area contributed by atoms with Crippen molar-refractivity contribution in [1.29, 1.82) is 0 Å². The highest BCUT2D eigenvalue weighted by Gasteiger charge is 2.25. The lowest BCUT2D eigenvalue weighted by Gasteiger charge is -2.21. The molecule has 4 N–H and O–H groups in total. The highest BCUT2D eigenvalue weighted by molar-refractivity contribution is 7.92. The molecule has 0 spiro atoms. The Kier molecular flexibility index (Phi) is 5.13. The second-order valence-corrected chi connectivity index (χ2v) is 6.82. The molecule has 0 saturated heterocycles. The van der Waals surface area contributed by atoms with E-state index in [0.717, 1.165) is 0 Å². The molecule has 1 aromatic rings. The molecule has 1 rings (SSSR count). The third-order valence-electron chi connectivity index (χ3n) is 3.05. The molecule has 0 fully saturated rings. The normalized spacial score (nSPS) is 14.4. The van der Waals surface area contributed by atoms with Crippen LogP contribution in [0, 0.1) is 0 Å². The van der Waals surface area contributed by atoms with Crippen LogP contribution in [0.15, 0.2) is 24.3 Å². The van der Waals surface area contributed by atoms with Crippen molar-refractivity contribution in [2.24, 2.45) is 5.73 Å². The summed E-state index contributed by atoms with van der Waals surface area (Å²) in [6.45, 7) is 5.05. The van der Waals surface area contributed by atoms with E-state index in [1.807, 2.05) is 6.92 Å². The Balaban J connectivity index is 2.75. The molecule has 0 heterocycles. The first-order valence-electron chi connectivity index (χ1n) is 6.41. The van der Waals surface area contributed by atoms with Crippen LogP contribution in [0.4, 0.5) is 11.4 Å². The zero-order chi connectivity index (χ0) is 15.4. The minimum absolute atomic E-state index is 0.00746. The summed E-state index contributed by atoms with van der Waals surface area (Å²) in [6.07, 6.45) is 0.521. The molecule has 20 heavy (non-hydrogen) atoms. The highest BCUT2D eigenvalue weighted by Crippen LogP contribution is 2.16. The number of benzene rings is 1. The maximum atomic E-state index is 11.9. The summed E-state index contributed by atoms with van der Waals surface area (Å²) >= 11 is 0. The van der Waals surface area contributed by atoms with E-state index in [4.69, 9.17) is 5.73 Å². The summed E-state index contributed by atoms with van der Waals surface area (Å²) in [6, 6.07) is 6.42. The molecule has 1 atom stereocenters. The van der Waals surface area contributed by atoms with Gasteiger partial charge in [0.05, 0.1) is 11.3 Å². The van der Waals surface area contributed by atoms with Gasteiger partial charge in [-0.2, -0.15) is 0 Å². The number of hydrogen-bond acceptors (Lipinski definition) is 4. The standard InChI is InChI=1S/C13H21N3O3S/c1-4-13(3,14)12(17)15-10-6-8-11(9-7-10)16-20(18,19)5-2/h6-9,16H,4-5,14H2,1-3H3,(H,15,17). The van der Waals surface area contributed by atoms with E-state index in [0.29, 0.717) is 17.8 Å². The van der Waals surface area contributed by atoms with Gasteiger partial charge in [0.1, 0.15) is 0 Å². The fraction of sp³-hybridized carbons (Fsp3) is 0.462. The first-order valence-corrected chi connectivity index (χ1v) is 8.06. The Labute approximate surface area is 119 Å². The Morgan fingerprint density at radius 2 is 1.70 bits per heavy atom. The van der Waals surface area contributed by atoms with Crippen LogP contribution in [0.5, 0.6) is 0 Å². The van der Waals surface area contributed by atoms with Gasteiger partial charge < -0.3 is 11.1 Å². The van der Waals surface area contributed by atoms with Gasteiger partial charge in [-0.05, 0) is 44.5 Å². The lowest BCUT2D eigenvalue weighted by Crippen LogP contribution is -2.47. The summed E-state index contributed by atoms with van der Waals surface area (Å²) in [5.41, 5.74) is 5.93. The zero-order valence-corrected chi connectivity index (χ0v) is 12.8. The second kappa shape index (κ2) is 6.23. The largest absolute Gasteiger partial charge is 0.325 e. The summed E-state index contributed by atoms with van der Waals surface area (Å²) in [4.78, 5) is 11.9. The molecule has 1 unspecified atom stereocenters. The molecule has 0 saturated carbocycles. The van der Waals surface area contributed by atoms with Gasteiger partial charge >= 0.3 is 0 Å². The van der Waals surface area contributed by atoms with Crippen molar-refractivity contribution in [3.63, 3.8) is 0 Å². The fourth-order valence-electron chi connectivity index (χ4n) is 1.31. The van der Waals surface area contributed by atoms with Crippen LogP contribution in [-0.4, -0.2) is 25.6 Å². The van der Waals surface area contributed by atoms with Gasteiger partial charge in [-0.1, -0.05) is 6.92 Å². The van der Waals surface area contributed by atoms with Crippen molar-refractivity contribution in [3.05, 3.63) is 24.3 Å². The van der Waals surface area contributed by atoms with Gasteiger partial charge in [0, 0.05) is 11.4 Å². The summed E-state index contributed by atoms with van der Waals surface area (Å²) < 4.78 is 25.2. The Hall–Kier alpha value is -1.60. The van der Waals surface area contributed by atoms with Crippen LogP contribution in [0.1, 0.15) is 27.2 Å². The van der Waals surface area contributed by atoms with Crippen LogP contribution in [0.3, 0.4) is 0 Å². The summed E-state index contributed by atoms with van der Waals surface area (Å²) in [7, 11) is -3.29. The summed E-state index contributed by atoms with van der Waals surface area (Å²) in [5, 5.41) is 2.70. The fourth-order valence-corrected chi connectivity index (χ4v) is 1.95. The van der Waals surface area contributed by atoms with Gasteiger partial charge in [-0.15, -0.1) is 0 Å². The van der Waals surface area contributed by atoms with E-state index in [9.17, 15) is 13.2 Å². The maximum absolute atomic E-state index is 11.9. The van der Waals surface area contributed by atoms with Crippen molar-refractivity contribution < 1.29 is 13.2 Å². The zero-order valence-electron chi connectivity index (χ0n) is 11.9. The van der Waals surface area contributed by atoms with Gasteiger partial charge in [0.15, 0.2) is 0 Å².